The summed E-state index contributed by atoms with van der Waals surface area (Å²) < 4.78 is 4.43. The second-order valence-corrected chi connectivity index (χ2v) is 4.94. The summed E-state index contributed by atoms with van der Waals surface area (Å²) in [6.45, 7) is 2.08. The van der Waals surface area contributed by atoms with Gasteiger partial charge in [0, 0.05) is 11.1 Å². The minimum Gasteiger partial charge on any atom is -0.453 e. The fourth-order valence-electron chi connectivity index (χ4n) is 1.63. The number of benzene rings is 1. The highest BCUT2D eigenvalue weighted by atomic mass is 32.1. The van der Waals surface area contributed by atoms with Crippen LogP contribution in [0.25, 0.3) is 11.2 Å². The fraction of sp³-hybridized carbons (Fsp3) is 0.133. The number of rotatable bonds is 1. The van der Waals surface area contributed by atoms with Crippen LogP contribution in [0.5, 0.6) is 0 Å². The number of thiol groups is 1. The first-order valence-corrected chi connectivity index (χ1v) is 6.94. The Morgan fingerprint density at radius 2 is 2.05 bits per heavy atom. The van der Waals surface area contributed by atoms with E-state index in [1.54, 1.807) is 12.3 Å². The standard InChI is InChI=1S/C8H8N4O2S.C7H8/c1-14-8(13)12-7-10-5-2-4(15)3-9-6(5)11-7;1-7-5-3-2-4-6-7/h2-3,15H,1H3,(H2,9,10,11,12,13);2-6H,1H3. The number of nitrogens with zero attached hydrogens (tertiary/aromatic N) is 2. The van der Waals surface area contributed by atoms with Crippen LogP contribution in [0.2, 0.25) is 0 Å². The molecule has 3 rings (SSSR count). The van der Waals surface area contributed by atoms with Crippen LogP contribution in [0.15, 0.2) is 47.5 Å². The smallest absolute Gasteiger partial charge is 0.413 e. The molecule has 0 saturated carbocycles. The van der Waals surface area contributed by atoms with Gasteiger partial charge in [-0.05, 0) is 13.0 Å². The van der Waals surface area contributed by atoms with Gasteiger partial charge in [-0.15, -0.1) is 12.6 Å². The van der Waals surface area contributed by atoms with Gasteiger partial charge in [0.05, 0.1) is 12.6 Å². The maximum atomic E-state index is 10.9. The molecule has 1 aromatic carbocycles. The van der Waals surface area contributed by atoms with E-state index in [4.69, 9.17) is 0 Å². The Hall–Kier alpha value is -2.54. The van der Waals surface area contributed by atoms with Crippen LogP contribution in [-0.4, -0.2) is 28.2 Å². The van der Waals surface area contributed by atoms with Gasteiger partial charge in [-0.3, -0.25) is 5.32 Å². The molecule has 0 fully saturated rings. The van der Waals surface area contributed by atoms with Crippen LogP contribution in [0.3, 0.4) is 0 Å². The quantitative estimate of drug-likeness (QED) is 0.601. The predicted octanol–water partition coefficient (Wildman–Crippen LogP) is 3.42. The maximum Gasteiger partial charge on any atom is 0.413 e. The number of H-pyrrole nitrogens is 1. The second kappa shape index (κ2) is 7.46. The number of fused-ring (bicyclic) bond motifs is 1. The number of hydrogen-bond acceptors (Lipinski definition) is 5. The zero-order valence-corrected chi connectivity index (χ0v) is 13.1. The van der Waals surface area contributed by atoms with Crippen molar-refractivity contribution in [2.75, 3.05) is 12.4 Å². The average Bonchev–Trinajstić information content (AvgIpc) is 2.89. The summed E-state index contributed by atoms with van der Waals surface area (Å²) in [4.78, 5) is 22.5. The Balaban J connectivity index is 0.000000211. The molecule has 0 saturated heterocycles. The summed E-state index contributed by atoms with van der Waals surface area (Å²) in [7, 11) is 1.28. The molecule has 0 aliphatic heterocycles. The van der Waals surface area contributed by atoms with Crippen molar-refractivity contribution in [2.45, 2.75) is 11.8 Å². The van der Waals surface area contributed by atoms with Crippen molar-refractivity contribution in [1.82, 2.24) is 15.0 Å². The number of ether oxygens (including phenoxy) is 1. The van der Waals surface area contributed by atoms with Crippen LogP contribution >= 0.6 is 12.6 Å². The van der Waals surface area contributed by atoms with Crippen molar-refractivity contribution in [3.63, 3.8) is 0 Å². The van der Waals surface area contributed by atoms with Crippen LogP contribution < -0.4 is 5.32 Å². The first-order chi connectivity index (χ1) is 10.6. The monoisotopic (exact) mass is 316 g/mol. The van der Waals surface area contributed by atoms with Gasteiger partial charge < -0.3 is 9.72 Å². The Kier molecular flexibility index (Phi) is 5.37. The van der Waals surface area contributed by atoms with Gasteiger partial charge >= 0.3 is 6.09 Å². The van der Waals surface area contributed by atoms with Crippen LogP contribution in [0.1, 0.15) is 5.56 Å². The molecule has 3 aromatic rings. The van der Waals surface area contributed by atoms with E-state index in [2.05, 4.69) is 56.7 Å². The van der Waals surface area contributed by atoms with E-state index in [0.717, 1.165) is 4.90 Å². The summed E-state index contributed by atoms with van der Waals surface area (Å²) in [6.07, 6.45) is 0.994. The molecule has 0 aliphatic carbocycles. The van der Waals surface area contributed by atoms with Gasteiger partial charge in [0.1, 0.15) is 0 Å². The first-order valence-electron chi connectivity index (χ1n) is 6.50. The predicted molar refractivity (Wildman–Crippen MR) is 88.3 cm³/mol. The minimum atomic E-state index is -0.583. The van der Waals surface area contributed by atoms with Crippen molar-refractivity contribution in [1.29, 1.82) is 0 Å². The number of carbonyl (C=O) groups excluding carboxylic acids is 1. The lowest BCUT2D eigenvalue weighted by atomic mass is 10.2. The van der Waals surface area contributed by atoms with Gasteiger partial charge in [0.25, 0.3) is 0 Å². The Morgan fingerprint density at radius 1 is 1.32 bits per heavy atom. The van der Waals surface area contributed by atoms with Crippen molar-refractivity contribution in [3.8, 4) is 0 Å². The van der Waals surface area contributed by atoms with E-state index in [9.17, 15) is 4.79 Å². The SMILES string of the molecule is COC(=O)Nc1nc2ncc(S)cc2[nH]1.Cc1ccccc1. The lowest BCUT2D eigenvalue weighted by Crippen LogP contribution is -2.11. The summed E-state index contributed by atoms with van der Waals surface area (Å²) in [5.74, 6) is 0.295. The summed E-state index contributed by atoms with van der Waals surface area (Å²) >= 11 is 4.14. The number of carbonyl (C=O) groups is 1. The van der Waals surface area contributed by atoms with E-state index >= 15 is 0 Å². The molecule has 0 unspecified atom stereocenters. The van der Waals surface area contributed by atoms with Crippen molar-refractivity contribution in [2.24, 2.45) is 0 Å². The third-order valence-corrected chi connectivity index (χ3v) is 2.91. The van der Waals surface area contributed by atoms with Gasteiger partial charge in [0.15, 0.2) is 5.65 Å². The third-order valence-electron chi connectivity index (χ3n) is 2.67. The normalized spacial score (nSPS) is 9.77. The molecule has 2 N–H and O–H groups in total. The molecule has 0 spiro atoms. The van der Waals surface area contributed by atoms with E-state index in [0.29, 0.717) is 17.1 Å². The molecule has 0 bridgehead atoms. The van der Waals surface area contributed by atoms with Gasteiger partial charge in [-0.2, -0.15) is 4.98 Å². The number of aryl methyl sites for hydroxylation is 1. The van der Waals surface area contributed by atoms with Crippen molar-refractivity contribution >= 4 is 35.8 Å². The van der Waals surface area contributed by atoms with Crippen LogP contribution in [0.4, 0.5) is 10.7 Å². The van der Waals surface area contributed by atoms with Crippen molar-refractivity contribution in [3.05, 3.63) is 48.2 Å². The number of aromatic amines is 1. The zero-order chi connectivity index (χ0) is 15.9. The molecule has 6 nitrogen and oxygen atoms in total. The third kappa shape index (κ3) is 4.49. The van der Waals surface area contributed by atoms with E-state index in [1.165, 1.54) is 12.7 Å². The largest absolute Gasteiger partial charge is 0.453 e. The van der Waals surface area contributed by atoms with Crippen LogP contribution in [0, 0.1) is 6.92 Å². The molecule has 2 heterocycles. The molecular formula is C15H16N4O2S. The average molecular weight is 316 g/mol. The molecule has 114 valence electrons. The Morgan fingerprint density at radius 3 is 2.64 bits per heavy atom. The molecular weight excluding hydrogens is 300 g/mol. The molecule has 0 aliphatic rings. The molecule has 22 heavy (non-hydrogen) atoms. The lowest BCUT2D eigenvalue weighted by molar-refractivity contribution is 0.186. The minimum absolute atomic E-state index is 0.295. The number of methoxy groups -OCH3 is 1. The number of aromatic nitrogens is 3. The summed E-state index contributed by atoms with van der Waals surface area (Å²) in [5, 5.41) is 2.41. The van der Waals surface area contributed by atoms with Gasteiger partial charge in [-0.25, -0.2) is 9.78 Å². The summed E-state index contributed by atoms with van der Waals surface area (Å²) in [5.41, 5.74) is 2.54. The molecule has 1 amide bonds. The number of amides is 1. The number of pyridine rings is 1. The van der Waals surface area contributed by atoms with E-state index in [-0.39, 0.29) is 0 Å². The topological polar surface area (TPSA) is 79.9 Å². The van der Waals surface area contributed by atoms with E-state index < -0.39 is 6.09 Å². The zero-order valence-electron chi connectivity index (χ0n) is 12.2. The van der Waals surface area contributed by atoms with Crippen molar-refractivity contribution < 1.29 is 9.53 Å². The highest BCUT2D eigenvalue weighted by Gasteiger charge is 2.07. The highest BCUT2D eigenvalue weighted by Crippen LogP contribution is 2.15. The lowest BCUT2D eigenvalue weighted by Gasteiger charge is -1.96. The summed E-state index contributed by atoms with van der Waals surface area (Å²) in [6, 6.07) is 12.0. The first kappa shape index (κ1) is 15.8. The molecule has 0 atom stereocenters. The van der Waals surface area contributed by atoms with E-state index in [1.807, 2.05) is 18.2 Å². The maximum absolute atomic E-state index is 10.9. The number of anilines is 1. The molecule has 7 heteroatoms. The van der Waals surface area contributed by atoms with Gasteiger partial charge in [-0.1, -0.05) is 35.9 Å². The second-order valence-electron chi connectivity index (χ2n) is 4.42. The number of nitrogens with one attached hydrogen (secondary N) is 2. The molecule has 2 aromatic heterocycles. The number of hydrogen-bond donors (Lipinski definition) is 3. The Labute approximate surface area is 133 Å². The van der Waals surface area contributed by atoms with Gasteiger partial charge in [0.2, 0.25) is 5.95 Å². The Bertz CT molecular complexity index is 759. The fourth-order valence-corrected chi connectivity index (χ4v) is 1.82. The molecule has 0 radical (unpaired) electrons. The van der Waals surface area contributed by atoms with Crippen LogP contribution in [-0.2, 0) is 4.74 Å². The highest BCUT2D eigenvalue weighted by molar-refractivity contribution is 7.80. The number of imidazole rings is 1.